The molecule has 2 nitrogen and oxygen atoms in total. The molecular weight excluding hydrogens is 174 g/mol. The van der Waals surface area contributed by atoms with Gasteiger partial charge in [0.15, 0.2) is 0 Å². The van der Waals surface area contributed by atoms with Gasteiger partial charge >= 0.3 is 0 Å². The number of rotatable bonds is 5. The summed E-state index contributed by atoms with van der Waals surface area (Å²) < 4.78 is 5.67. The van der Waals surface area contributed by atoms with Crippen LogP contribution in [0, 0.1) is 11.3 Å². The van der Waals surface area contributed by atoms with Gasteiger partial charge in [0.1, 0.15) is 0 Å². The van der Waals surface area contributed by atoms with E-state index < -0.39 is 0 Å². The number of nitrogens with one attached hydrogen (secondary N) is 1. The van der Waals surface area contributed by atoms with Crippen molar-refractivity contribution in [2.45, 2.75) is 39.5 Å². The lowest BCUT2D eigenvalue weighted by Crippen LogP contribution is -2.44. The smallest absolute Gasteiger partial charge is 0.0537 e. The lowest BCUT2D eigenvalue weighted by Gasteiger charge is -2.42. The van der Waals surface area contributed by atoms with Crippen LogP contribution in [-0.4, -0.2) is 26.8 Å². The van der Waals surface area contributed by atoms with Crippen molar-refractivity contribution in [1.29, 1.82) is 0 Å². The minimum atomic E-state index is 0.406. The summed E-state index contributed by atoms with van der Waals surface area (Å²) in [6, 6.07) is 0. The van der Waals surface area contributed by atoms with Gasteiger partial charge in [0.25, 0.3) is 0 Å². The molecule has 1 saturated heterocycles. The Morgan fingerprint density at radius 2 is 2.29 bits per heavy atom. The van der Waals surface area contributed by atoms with Crippen molar-refractivity contribution in [2.75, 3.05) is 26.8 Å². The monoisotopic (exact) mass is 199 g/mol. The van der Waals surface area contributed by atoms with Crippen molar-refractivity contribution < 1.29 is 4.74 Å². The summed E-state index contributed by atoms with van der Waals surface area (Å²) in [5.74, 6) is 0.778. The average molecular weight is 199 g/mol. The Morgan fingerprint density at radius 1 is 1.50 bits per heavy atom. The minimum absolute atomic E-state index is 0.406. The number of ether oxygens (including phenoxy) is 1. The Hall–Kier alpha value is -0.0800. The predicted molar refractivity (Wildman–Crippen MR) is 60.5 cm³/mol. The fourth-order valence-corrected chi connectivity index (χ4v) is 2.67. The second kappa shape index (κ2) is 5.72. The maximum Gasteiger partial charge on any atom is 0.0537 e. The number of hydrogen-bond acceptors (Lipinski definition) is 2. The average Bonchev–Trinajstić information content (AvgIpc) is 2.20. The first-order chi connectivity index (χ1) is 6.75. The van der Waals surface area contributed by atoms with Crippen molar-refractivity contribution in [3.8, 4) is 0 Å². The van der Waals surface area contributed by atoms with Crippen LogP contribution < -0.4 is 5.32 Å². The fourth-order valence-electron chi connectivity index (χ4n) is 2.67. The molecule has 84 valence electrons. The van der Waals surface area contributed by atoms with E-state index in [1.165, 1.54) is 25.7 Å². The largest absolute Gasteiger partial charge is 0.381 e. The van der Waals surface area contributed by atoms with Crippen LogP contribution in [0.1, 0.15) is 39.5 Å². The maximum atomic E-state index is 5.67. The molecule has 1 N–H and O–H groups in total. The minimum Gasteiger partial charge on any atom is -0.381 e. The summed E-state index contributed by atoms with van der Waals surface area (Å²) >= 11 is 0. The van der Waals surface area contributed by atoms with E-state index in [2.05, 4.69) is 26.2 Å². The van der Waals surface area contributed by atoms with Gasteiger partial charge in [-0.05, 0) is 25.8 Å². The zero-order valence-electron chi connectivity index (χ0n) is 9.94. The van der Waals surface area contributed by atoms with Crippen LogP contribution >= 0.6 is 0 Å². The normalized spacial score (nSPS) is 30.2. The standard InChI is InChI=1S/C12H25NO/c1-4-6-11(2)12(9-13-3)7-5-8-14-10-12/h11,13H,4-10H2,1-3H3. The predicted octanol–water partition coefficient (Wildman–Crippen LogP) is 2.44. The summed E-state index contributed by atoms with van der Waals surface area (Å²) in [4.78, 5) is 0. The topological polar surface area (TPSA) is 21.3 Å². The zero-order chi connectivity index (χ0) is 10.4. The van der Waals surface area contributed by atoms with Gasteiger partial charge in [-0.2, -0.15) is 0 Å². The van der Waals surface area contributed by atoms with Crippen LogP contribution in [-0.2, 0) is 4.74 Å². The molecule has 1 fully saturated rings. The lowest BCUT2D eigenvalue weighted by atomic mass is 9.70. The van der Waals surface area contributed by atoms with Gasteiger partial charge < -0.3 is 10.1 Å². The Balaban J connectivity index is 2.58. The van der Waals surface area contributed by atoms with Crippen molar-refractivity contribution in [3.05, 3.63) is 0 Å². The summed E-state index contributed by atoms with van der Waals surface area (Å²) in [6.07, 6.45) is 5.17. The molecule has 0 aromatic carbocycles. The molecule has 0 aromatic heterocycles. The molecule has 0 aliphatic carbocycles. The summed E-state index contributed by atoms with van der Waals surface area (Å²) in [6.45, 7) is 7.68. The molecule has 2 heteroatoms. The van der Waals surface area contributed by atoms with Crippen LogP contribution in [0.25, 0.3) is 0 Å². The molecule has 2 atom stereocenters. The third-order valence-electron chi connectivity index (χ3n) is 3.65. The van der Waals surface area contributed by atoms with Crippen LogP contribution in [0.3, 0.4) is 0 Å². The second-order valence-corrected chi connectivity index (χ2v) is 4.74. The van der Waals surface area contributed by atoms with Crippen molar-refractivity contribution in [3.63, 3.8) is 0 Å². The third kappa shape index (κ3) is 2.71. The van der Waals surface area contributed by atoms with Gasteiger partial charge in [0.05, 0.1) is 6.61 Å². The van der Waals surface area contributed by atoms with Gasteiger partial charge in [0, 0.05) is 18.6 Å². The van der Waals surface area contributed by atoms with Crippen molar-refractivity contribution in [2.24, 2.45) is 11.3 Å². The van der Waals surface area contributed by atoms with Gasteiger partial charge in [-0.15, -0.1) is 0 Å². The number of hydrogen-bond donors (Lipinski definition) is 1. The van der Waals surface area contributed by atoms with E-state index in [0.717, 1.165) is 25.7 Å². The van der Waals surface area contributed by atoms with E-state index in [9.17, 15) is 0 Å². The van der Waals surface area contributed by atoms with E-state index in [4.69, 9.17) is 4.74 Å². The van der Waals surface area contributed by atoms with Crippen LogP contribution in [0.15, 0.2) is 0 Å². The summed E-state index contributed by atoms with van der Waals surface area (Å²) in [7, 11) is 2.05. The lowest BCUT2D eigenvalue weighted by molar-refractivity contribution is -0.0386. The molecule has 0 aromatic rings. The molecule has 0 bridgehead atoms. The highest BCUT2D eigenvalue weighted by Gasteiger charge is 2.36. The highest BCUT2D eigenvalue weighted by Crippen LogP contribution is 2.38. The van der Waals surface area contributed by atoms with Gasteiger partial charge in [-0.25, -0.2) is 0 Å². The zero-order valence-corrected chi connectivity index (χ0v) is 9.94. The van der Waals surface area contributed by atoms with E-state index in [1.54, 1.807) is 0 Å². The first kappa shape index (κ1) is 12.0. The first-order valence-electron chi connectivity index (χ1n) is 5.97. The van der Waals surface area contributed by atoms with Crippen LogP contribution in [0.5, 0.6) is 0 Å². The molecule has 1 rings (SSSR count). The van der Waals surface area contributed by atoms with E-state index in [0.29, 0.717) is 5.41 Å². The van der Waals surface area contributed by atoms with Gasteiger partial charge in [-0.3, -0.25) is 0 Å². The molecular formula is C12H25NO. The maximum absolute atomic E-state index is 5.67. The Kier molecular flexibility index (Phi) is 4.90. The van der Waals surface area contributed by atoms with Crippen LogP contribution in [0.4, 0.5) is 0 Å². The molecule has 0 radical (unpaired) electrons. The van der Waals surface area contributed by atoms with E-state index in [-0.39, 0.29) is 0 Å². The molecule has 1 heterocycles. The first-order valence-corrected chi connectivity index (χ1v) is 5.97. The molecule has 14 heavy (non-hydrogen) atoms. The fraction of sp³-hybridized carbons (Fsp3) is 1.00. The van der Waals surface area contributed by atoms with Crippen LogP contribution in [0.2, 0.25) is 0 Å². The Labute approximate surface area is 88.4 Å². The summed E-state index contributed by atoms with van der Waals surface area (Å²) in [5, 5.41) is 3.34. The van der Waals surface area contributed by atoms with Gasteiger partial charge in [-0.1, -0.05) is 26.7 Å². The SMILES string of the molecule is CCCC(C)C1(CNC)CCCOC1. The molecule has 2 unspecified atom stereocenters. The third-order valence-corrected chi connectivity index (χ3v) is 3.65. The Bertz CT molecular complexity index is 147. The Morgan fingerprint density at radius 3 is 2.79 bits per heavy atom. The highest BCUT2D eigenvalue weighted by molar-refractivity contribution is 4.88. The second-order valence-electron chi connectivity index (χ2n) is 4.74. The van der Waals surface area contributed by atoms with E-state index in [1.807, 2.05) is 0 Å². The van der Waals surface area contributed by atoms with E-state index >= 15 is 0 Å². The molecule has 1 aliphatic heterocycles. The molecule has 0 spiro atoms. The highest BCUT2D eigenvalue weighted by atomic mass is 16.5. The molecule has 0 saturated carbocycles. The van der Waals surface area contributed by atoms with Crippen molar-refractivity contribution in [1.82, 2.24) is 5.32 Å². The summed E-state index contributed by atoms with van der Waals surface area (Å²) in [5.41, 5.74) is 0.406. The van der Waals surface area contributed by atoms with Gasteiger partial charge in [0.2, 0.25) is 0 Å². The quantitative estimate of drug-likeness (QED) is 0.734. The van der Waals surface area contributed by atoms with Crippen molar-refractivity contribution >= 4 is 0 Å². The molecule has 0 amide bonds. The molecule has 1 aliphatic rings.